The number of amides is 1. The third kappa shape index (κ3) is 2.80. The Labute approximate surface area is 157 Å². The Bertz CT molecular complexity index is 707. The summed E-state index contributed by atoms with van der Waals surface area (Å²) in [5.41, 5.74) is 3.36. The number of piperidine rings is 2. The number of hydrogen-bond acceptors (Lipinski definition) is 3. The van der Waals surface area contributed by atoms with E-state index in [1.165, 1.54) is 23.4 Å². The molecule has 0 aromatic heterocycles. The largest absolute Gasteiger partial charge is 0.364 e. The first kappa shape index (κ1) is 17.4. The summed E-state index contributed by atoms with van der Waals surface area (Å²) in [6.45, 7) is 9.51. The van der Waals surface area contributed by atoms with E-state index in [0.717, 1.165) is 38.9 Å². The van der Waals surface area contributed by atoms with Crippen molar-refractivity contribution >= 4 is 11.6 Å². The molecule has 4 heteroatoms. The van der Waals surface area contributed by atoms with Gasteiger partial charge in [0.1, 0.15) is 5.66 Å². The standard InChI is InChI=1S/C22H31N3O/c1-16-14-19(21(26)24-12-8-5-9-13-24)22(3)23-17(2)20(25(22)15-16)18-10-6-4-7-11-18/h4,6-7,10-11,16,19,23H,5,8-9,12-15H2,1-3H3. The Hall–Kier alpha value is -1.97. The van der Waals surface area contributed by atoms with Crippen molar-refractivity contribution in [1.29, 1.82) is 0 Å². The Morgan fingerprint density at radius 1 is 1.15 bits per heavy atom. The quantitative estimate of drug-likeness (QED) is 0.881. The lowest BCUT2D eigenvalue weighted by atomic mass is 9.79. The molecular formula is C22H31N3O. The Morgan fingerprint density at radius 3 is 2.54 bits per heavy atom. The number of fused-ring (bicyclic) bond motifs is 1. The Kier molecular flexibility index (Phi) is 4.45. The van der Waals surface area contributed by atoms with E-state index in [9.17, 15) is 4.79 Å². The number of nitrogens with one attached hydrogen (secondary N) is 1. The van der Waals surface area contributed by atoms with E-state index >= 15 is 0 Å². The van der Waals surface area contributed by atoms with Crippen LogP contribution < -0.4 is 5.32 Å². The van der Waals surface area contributed by atoms with Gasteiger partial charge in [-0.1, -0.05) is 37.3 Å². The number of benzene rings is 1. The highest BCUT2D eigenvalue weighted by molar-refractivity contribution is 5.82. The van der Waals surface area contributed by atoms with Crippen LogP contribution in [0.15, 0.2) is 36.0 Å². The van der Waals surface area contributed by atoms with Crippen LogP contribution >= 0.6 is 0 Å². The molecule has 140 valence electrons. The first-order chi connectivity index (χ1) is 12.5. The Morgan fingerprint density at radius 2 is 1.85 bits per heavy atom. The minimum absolute atomic E-state index is 0.000474. The van der Waals surface area contributed by atoms with Crippen molar-refractivity contribution < 1.29 is 4.79 Å². The topological polar surface area (TPSA) is 35.6 Å². The summed E-state index contributed by atoms with van der Waals surface area (Å²) in [5.74, 6) is 0.854. The summed E-state index contributed by atoms with van der Waals surface area (Å²) in [4.78, 5) is 18.0. The highest BCUT2D eigenvalue weighted by Gasteiger charge is 2.53. The molecule has 3 aliphatic heterocycles. The van der Waals surface area contributed by atoms with E-state index in [2.05, 4.69) is 66.2 Å². The maximum Gasteiger partial charge on any atom is 0.229 e. The van der Waals surface area contributed by atoms with Gasteiger partial charge in [-0.3, -0.25) is 4.79 Å². The molecule has 2 fully saturated rings. The summed E-state index contributed by atoms with van der Waals surface area (Å²) in [6.07, 6.45) is 4.51. The molecule has 3 aliphatic rings. The molecule has 3 heterocycles. The van der Waals surface area contributed by atoms with Crippen molar-refractivity contribution in [3.63, 3.8) is 0 Å². The molecule has 0 saturated carbocycles. The van der Waals surface area contributed by atoms with Crippen LogP contribution in [0.4, 0.5) is 0 Å². The fourth-order valence-electron chi connectivity index (χ4n) is 5.16. The number of rotatable bonds is 2. The highest BCUT2D eigenvalue weighted by atomic mass is 16.2. The zero-order valence-electron chi connectivity index (χ0n) is 16.3. The summed E-state index contributed by atoms with van der Waals surface area (Å²) in [6, 6.07) is 10.6. The third-order valence-corrected chi connectivity index (χ3v) is 6.45. The fraction of sp³-hybridized carbons (Fsp3) is 0.591. The molecule has 3 atom stereocenters. The van der Waals surface area contributed by atoms with Gasteiger partial charge in [0, 0.05) is 25.3 Å². The number of carbonyl (C=O) groups excluding carboxylic acids is 1. The predicted molar refractivity (Wildman–Crippen MR) is 105 cm³/mol. The van der Waals surface area contributed by atoms with Gasteiger partial charge in [0.25, 0.3) is 0 Å². The Balaban J connectivity index is 1.66. The van der Waals surface area contributed by atoms with Gasteiger partial charge in [-0.2, -0.15) is 0 Å². The normalized spacial score (nSPS) is 31.7. The number of carbonyl (C=O) groups is 1. The molecule has 1 N–H and O–H groups in total. The zero-order valence-corrected chi connectivity index (χ0v) is 16.3. The molecule has 1 amide bonds. The maximum atomic E-state index is 13.4. The summed E-state index contributed by atoms with van der Waals surface area (Å²) >= 11 is 0. The van der Waals surface area contributed by atoms with Gasteiger partial charge in [0.15, 0.2) is 0 Å². The summed E-state index contributed by atoms with van der Waals surface area (Å²) < 4.78 is 0. The first-order valence-corrected chi connectivity index (χ1v) is 10.1. The summed E-state index contributed by atoms with van der Waals surface area (Å²) in [5, 5.41) is 3.73. The highest BCUT2D eigenvalue weighted by Crippen LogP contribution is 2.45. The molecule has 0 radical (unpaired) electrons. The zero-order chi connectivity index (χ0) is 18.3. The fourth-order valence-corrected chi connectivity index (χ4v) is 5.16. The van der Waals surface area contributed by atoms with Crippen molar-refractivity contribution in [1.82, 2.24) is 15.1 Å². The van der Waals surface area contributed by atoms with Crippen LogP contribution in [0.2, 0.25) is 0 Å². The second-order valence-corrected chi connectivity index (χ2v) is 8.50. The lowest BCUT2D eigenvalue weighted by Gasteiger charge is -2.50. The van der Waals surface area contributed by atoms with Crippen molar-refractivity contribution in [3.05, 3.63) is 41.6 Å². The van der Waals surface area contributed by atoms with Gasteiger partial charge in [0.05, 0.1) is 11.6 Å². The van der Waals surface area contributed by atoms with Crippen LogP contribution in [-0.2, 0) is 4.79 Å². The second-order valence-electron chi connectivity index (χ2n) is 8.50. The monoisotopic (exact) mass is 353 g/mol. The van der Waals surface area contributed by atoms with E-state index in [4.69, 9.17) is 0 Å². The SMILES string of the molecule is CC1=C(c2ccccc2)N2CC(C)CC(C(=O)N3CCCCC3)C2(C)N1. The lowest BCUT2D eigenvalue weighted by molar-refractivity contribution is -0.145. The van der Waals surface area contributed by atoms with Crippen LogP contribution in [0.3, 0.4) is 0 Å². The van der Waals surface area contributed by atoms with Gasteiger partial charge < -0.3 is 15.1 Å². The van der Waals surface area contributed by atoms with Gasteiger partial charge in [0.2, 0.25) is 5.91 Å². The number of nitrogens with zero attached hydrogens (tertiary/aromatic N) is 2. The number of hydrogen-bond donors (Lipinski definition) is 1. The number of allylic oxidation sites excluding steroid dienone is 1. The average molecular weight is 354 g/mol. The van der Waals surface area contributed by atoms with Crippen LogP contribution in [0.5, 0.6) is 0 Å². The number of likely N-dealkylation sites (tertiary alicyclic amines) is 1. The van der Waals surface area contributed by atoms with Gasteiger partial charge >= 0.3 is 0 Å². The molecule has 3 unspecified atom stereocenters. The van der Waals surface area contributed by atoms with Crippen molar-refractivity contribution in [2.45, 2.75) is 52.1 Å². The smallest absolute Gasteiger partial charge is 0.229 e. The van der Waals surface area contributed by atoms with Crippen LogP contribution in [0, 0.1) is 11.8 Å². The maximum absolute atomic E-state index is 13.4. The minimum atomic E-state index is -0.323. The van der Waals surface area contributed by atoms with Crippen LogP contribution in [-0.4, -0.2) is 41.0 Å². The van der Waals surface area contributed by atoms with E-state index in [-0.39, 0.29) is 11.6 Å². The molecule has 26 heavy (non-hydrogen) atoms. The molecular weight excluding hydrogens is 322 g/mol. The van der Waals surface area contributed by atoms with E-state index < -0.39 is 0 Å². The molecule has 0 bridgehead atoms. The van der Waals surface area contributed by atoms with Crippen molar-refractivity contribution in [3.8, 4) is 0 Å². The third-order valence-electron chi connectivity index (χ3n) is 6.45. The molecule has 4 rings (SSSR count). The summed E-state index contributed by atoms with van der Waals surface area (Å²) in [7, 11) is 0. The van der Waals surface area contributed by atoms with Gasteiger partial charge in [-0.25, -0.2) is 0 Å². The molecule has 0 aliphatic carbocycles. The van der Waals surface area contributed by atoms with Crippen molar-refractivity contribution in [2.75, 3.05) is 19.6 Å². The van der Waals surface area contributed by atoms with E-state index in [1.54, 1.807) is 0 Å². The predicted octanol–water partition coefficient (Wildman–Crippen LogP) is 3.67. The van der Waals surface area contributed by atoms with Gasteiger partial charge in [-0.05, 0) is 51.0 Å². The van der Waals surface area contributed by atoms with Crippen LogP contribution in [0.25, 0.3) is 5.70 Å². The first-order valence-electron chi connectivity index (χ1n) is 10.1. The van der Waals surface area contributed by atoms with E-state index in [1.807, 2.05) is 0 Å². The second kappa shape index (κ2) is 6.64. The molecule has 1 aromatic rings. The van der Waals surface area contributed by atoms with Crippen LogP contribution in [0.1, 0.15) is 52.0 Å². The van der Waals surface area contributed by atoms with Gasteiger partial charge in [-0.15, -0.1) is 0 Å². The molecule has 1 aromatic carbocycles. The average Bonchev–Trinajstić information content (AvgIpc) is 2.92. The molecule has 0 spiro atoms. The van der Waals surface area contributed by atoms with E-state index in [0.29, 0.717) is 11.8 Å². The lowest BCUT2D eigenvalue weighted by Crippen LogP contribution is -2.64. The van der Waals surface area contributed by atoms with Crippen molar-refractivity contribution in [2.24, 2.45) is 11.8 Å². The molecule has 4 nitrogen and oxygen atoms in total. The molecule has 2 saturated heterocycles. The minimum Gasteiger partial charge on any atom is -0.364 e.